The number of halogens is 1. The van der Waals surface area contributed by atoms with E-state index in [1.807, 2.05) is 6.07 Å². The van der Waals surface area contributed by atoms with E-state index in [-0.39, 0.29) is 35.6 Å². The number of aromatic nitrogens is 4. The molecule has 2 amide bonds. The molecule has 1 atom stereocenters. The zero-order valence-electron chi connectivity index (χ0n) is 17.1. The van der Waals surface area contributed by atoms with Crippen molar-refractivity contribution in [3.8, 4) is 6.07 Å². The first-order chi connectivity index (χ1) is 15.4. The molecule has 4 rings (SSSR count). The third-order valence-electron chi connectivity index (χ3n) is 5.16. The molecule has 2 N–H and O–H groups in total. The van der Waals surface area contributed by atoms with Crippen LogP contribution in [0.1, 0.15) is 61.6 Å². The van der Waals surface area contributed by atoms with Crippen molar-refractivity contribution in [3.63, 3.8) is 0 Å². The van der Waals surface area contributed by atoms with E-state index >= 15 is 0 Å². The Morgan fingerprint density at radius 3 is 2.72 bits per heavy atom. The molecule has 0 fully saturated rings. The van der Waals surface area contributed by atoms with Crippen LogP contribution in [-0.2, 0) is 13.0 Å². The Morgan fingerprint density at radius 1 is 1.19 bits per heavy atom. The highest BCUT2D eigenvalue weighted by Crippen LogP contribution is 2.29. The highest BCUT2D eigenvalue weighted by Gasteiger charge is 2.27. The summed E-state index contributed by atoms with van der Waals surface area (Å²) in [5.74, 6) is -1.16. The maximum absolute atomic E-state index is 13.4. The fraction of sp³-hybridized carbons (Fsp3) is 0.227. The highest BCUT2D eigenvalue weighted by molar-refractivity contribution is 5.97. The molecule has 0 aliphatic heterocycles. The second-order valence-electron chi connectivity index (χ2n) is 7.33. The lowest BCUT2D eigenvalue weighted by atomic mass is 10.1. The van der Waals surface area contributed by atoms with Crippen molar-refractivity contribution in [1.29, 1.82) is 5.26 Å². The predicted molar refractivity (Wildman–Crippen MR) is 110 cm³/mol. The summed E-state index contributed by atoms with van der Waals surface area (Å²) >= 11 is 0. The van der Waals surface area contributed by atoms with Gasteiger partial charge in [0.15, 0.2) is 0 Å². The second kappa shape index (κ2) is 8.85. The van der Waals surface area contributed by atoms with Gasteiger partial charge in [-0.25, -0.2) is 24.3 Å². The van der Waals surface area contributed by atoms with Crippen molar-refractivity contribution in [1.82, 2.24) is 30.6 Å². The van der Waals surface area contributed by atoms with E-state index in [0.717, 1.165) is 23.1 Å². The van der Waals surface area contributed by atoms with Gasteiger partial charge in [0, 0.05) is 24.4 Å². The minimum absolute atomic E-state index is 0.0396. The van der Waals surface area contributed by atoms with Gasteiger partial charge in [0.2, 0.25) is 5.82 Å². The normalized spacial score (nSPS) is 14.3. The molecule has 0 unspecified atom stereocenters. The number of nitrogens with zero attached hydrogens (tertiary/aromatic N) is 5. The first-order valence-corrected chi connectivity index (χ1v) is 9.86. The van der Waals surface area contributed by atoms with Crippen molar-refractivity contribution >= 4 is 11.8 Å². The van der Waals surface area contributed by atoms with Crippen LogP contribution in [-0.4, -0.2) is 31.8 Å². The summed E-state index contributed by atoms with van der Waals surface area (Å²) in [6.45, 7) is 1.84. The third-order valence-corrected chi connectivity index (χ3v) is 5.16. The number of aryl methyl sites for hydroxylation is 2. The van der Waals surface area contributed by atoms with Crippen molar-refractivity contribution in [2.45, 2.75) is 32.4 Å². The Balaban J connectivity index is 1.41. The van der Waals surface area contributed by atoms with Gasteiger partial charge in [-0.1, -0.05) is 12.1 Å². The maximum atomic E-state index is 13.4. The second-order valence-corrected chi connectivity index (χ2v) is 7.33. The number of hydrogen-bond donors (Lipinski definition) is 2. The number of rotatable bonds is 5. The van der Waals surface area contributed by atoms with Gasteiger partial charge in [-0.15, -0.1) is 0 Å². The van der Waals surface area contributed by atoms with Crippen molar-refractivity contribution in [2.75, 3.05) is 0 Å². The Kier molecular flexibility index (Phi) is 5.81. The topological polar surface area (TPSA) is 134 Å². The number of benzene rings is 1. The molecule has 0 radical (unpaired) electrons. The molecular formula is C22H18FN7O2. The van der Waals surface area contributed by atoms with Gasteiger partial charge >= 0.3 is 0 Å². The number of fused-ring (bicyclic) bond motifs is 1. The Morgan fingerprint density at radius 2 is 1.97 bits per heavy atom. The predicted octanol–water partition coefficient (Wildman–Crippen LogP) is 1.93. The molecule has 0 spiro atoms. The average Bonchev–Trinajstić information content (AvgIpc) is 3.21. The Labute approximate surface area is 182 Å². The maximum Gasteiger partial charge on any atom is 0.270 e. The van der Waals surface area contributed by atoms with Crippen molar-refractivity contribution in [2.24, 2.45) is 0 Å². The van der Waals surface area contributed by atoms with Gasteiger partial charge in [-0.3, -0.25) is 9.59 Å². The van der Waals surface area contributed by atoms with Crippen LogP contribution >= 0.6 is 0 Å². The van der Waals surface area contributed by atoms with Crippen LogP contribution in [0.15, 0.2) is 36.8 Å². The van der Waals surface area contributed by atoms with Gasteiger partial charge in [0.25, 0.3) is 11.8 Å². The molecule has 1 aromatic carbocycles. The van der Waals surface area contributed by atoms with Crippen LogP contribution in [0.3, 0.4) is 0 Å². The first-order valence-electron chi connectivity index (χ1n) is 9.86. The highest BCUT2D eigenvalue weighted by atomic mass is 19.1. The molecule has 0 bridgehead atoms. The lowest BCUT2D eigenvalue weighted by Crippen LogP contribution is -2.29. The van der Waals surface area contributed by atoms with Crippen molar-refractivity contribution in [3.05, 3.63) is 82.2 Å². The number of hydrogen-bond acceptors (Lipinski definition) is 7. The average molecular weight is 431 g/mol. The SMILES string of the molecule is Cc1cc(CNC(=O)c2cc(C(=O)N[C@@H]3CCc4nc(C#N)ncc43)ncn2)ccc1F. The molecule has 32 heavy (non-hydrogen) atoms. The lowest BCUT2D eigenvalue weighted by molar-refractivity contribution is 0.0931. The summed E-state index contributed by atoms with van der Waals surface area (Å²) < 4.78 is 13.4. The minimum atomic E-state index is -0.480. The fourth-order valence-corrected chi connectivity index (χ4v) is 3.49. The van der Waals surface area contributed by atoms with E-state index in [4.69, 9.17) is 5.26 Å². The van der Waals surface area contributed by atoms with Crippen LogP contribution in [0, 0.1) is 24.1 Å². The van der Waals surface area contributed by atoms with Crippen molar-refractivity contribution < 1.29 is 14.0 Å². The summed E-state index contributed by atoms with van der Waals surface area (Å²) in [4.78, 5) is 41.2. The third kappa shape index (κ3) is 4.41. The minimum Gasteiger partial charge on any atom is -0.347 e. The number of carbonyl (C=O) groups excluding carboxylic acids is 2. The van der Waals surface area contributed by atoms with Gasteiger partial charge in [-0.05, 0) is 37.0 Å². The summed E-state index contributed by atoms with van der Waals surface area (Å²) in [6, 6.07) is 7.49. The Bertz CT molecular complexity index is 1260. The molecule has 160 valence electrons. The molecule has 3 aromatic rings. The van der Waals surface area contributed by atoms with E-state index < -0.39 is 11.8 Å². The number of carbonyl (C=O) groups is 2. The largest absolute Gasteiger partial charge is 0.347 e. The zero-order valence-corrected chi connectivity index (χ0v) is 17.1. The molecule has 0 saturated heterocycles. The first kappa shape index (κ1) is 21.0. The van der Waals surface area contributed by atoms with E-state index in [9.17, 15) is 14.0 Å². The van der Waals surface area contributed by atoms with Gasteiger partial charge in [0.1, 0.15) is 29.6 Å². The number of amides is 2. The summed E-state index contributed by atoms with van der Waals surface area (Å²) in [7, 11) is 0. The zero-order chi connectivity index (χ0) is 22.7. The van der Waals surface area contributed by atoms with Gasteiger partial charge in [0.05, 0.1) is 11.7 Å². The van der Waals surface area contributed by atoms with E-state index in [1.54, 1.807) is 25.3 Å². The van der Waals surface area contributed by atoms with Crippen LogP contribution in [0.2, 0.25) is 0 Å². The van der Waals surface area contributed by atoms with Gasteiger partial charge in [-0.2, -0.15) is 5.26 Å². The van der Waals surface area contributed by atoms with E-state index in [0.29, 0.717) is 18.4 Å². The molecule has 9 nitrogen and oxygen atoms in total. The Hall–Kier alpha value is -4.26. The molecule has 2 heterocycles. The molecule has 10 heteroatoms. The van der Waals surface area contributed by atoms with E-state index in [1.165, 1.54) is 12.1 Å². The molecule has 2 aromatic heterocycles. The fourth-order valence-electron chi connectivity index (χ4n) is 3.49. The molecule has 1 aliphatic carbocycles. The quantitative estimate of drug-likeness (QED) is 0.630. The number of nitrogens with one attached hydrogen (secondary N) is 2. The van der Waals surface area contributed by atoms with E-state index in [2.05, 4.69) is 30.6 Å². The van der Waals surface area contributed by atoms with Crippen LogP contribution in [0.25, 0.3) is 0 Å². The summed E-state index contributed by atoms with van der Waals surface area (Å²) in [6.07, 6.45) is 3.95. The smallest absolute Gasteiger partial charge is 0.270 e. The lowest BCUT2D eigenvalue weighted by Gasteiger charge is -2.13. The summed E-state index contributed by atoms with van der Waals surface area (Å²) in [5, 5.41) is 14.5. The van der Waals surface area contributed by atoms with Crippen LogP contribution in [0.4, 0.5) is 4.39 Å². The summed E-state index contributed by atoms with van der Waals surface area (Å²) in [5.41, 5.74) is 2.81. The van der Waals surface area contributed by atoms with Crippen LogP contribution < -0.4 is 10.6 Å². The van der Waals surface area contributed by atoms with Gasteiger partial charge < -0.3 is 10.6 Å². The molecule has 0 saturated carbocycles. The molecular weight excluding hydrogens is 413 g/mol. The monoisotopic (exact) mass is 431 g/mol. The van der Waals surface area contributed by atoms with Crippen LogP contribution in [0.5, 0.6) is 0 Å². The number of nitriles is 1. The standard InChI is InChI=1S/C22H18FN7O2/c1-12-6-13(2-3-15(12)23)9-26-21(31)18-7-19(28-11-27-18)22(32)30-17-5-4-16-14(17)10-25-20(8-24)29-16/h2-3,6-7,10-11,17H,4-5,9H2,1H3,(H,26,31)(H,30,32)/t17-/m1/s1. The molecule has 1 aliphatic rings.